The first-order valence-corrected chi connectivity index (χ1v) is 20.9. The zero-order valence-electron chi connectivity index (χ0n) is 35.3. The van der Waals surface area contributed by atoms with Gasteiger partial charge in [0.1, 0.15) is 40.6 Å². The summed E-state index contributed by atoms with van der Waals surface area (Å²) in [6, 6.07) is 12.8. The molecule has 4 N–H and O–H groups in total. The number of rotatable bonds is 11. The third kappa shape index (κ3) is 7.27. The Morgan fingerprint density at radius 2 is 1.48 bits per heavy atom. The Bertz CT molecular complexity index is 2410. The molecule has 316 valence electrons. The number of imidazole rings is 2. The molecule has 1 aliphatic carbocycles. The first kappa shape index (κ1) is 40.7. The molecule has 5 atom stereocenters. The molecule has 15 heteroatoms. The van der Waals surface area contributed by atoms with Crippen LogP contribution in [0, 0.1) is 24.7 Å². The van der Waals surface area contributed by atoms with Gasteiger partial charge in [-0.1, -0.05) is 58.0 Å². The SMILES string of the molecule is COC(=O)N[C@H](C(=O)N1CCC[C@H]1c1nc(-c2ccc(-c3ccc(-c4c[nH]c(C56CCC(CN5C(=O)[C@@H](NC(=O)OC)C(C)C)C6)n4)c4oc(C)cc34)cc2)c[nH]1)C(C)C. The maximum atomic E-state index is 14.1. The van der Waals surface area contributed by atoms with Crippen molar-refractivity contribution in [1.82, 2.24) is 40.4 Å². The molecule has 2 unspecified atom stereocenters. The number of carbonyl (C=O) groups is 4. The monoisotopic (exact) mass is 818 g/mol. The fraction of sp³-hybridized carbons (Fsp3) is 0.467. The summed E-state index contributed by atoms with van der Waals surface area (Å²) in [6.45, 7) is 10.8. The van der Waals surface area contributed by atoms with Gasteiger partial charge in [-0.25, -0.2) is 19.6 Å². The van der Waals surface area contributed by atoms with Crippen molar-refractivity contribution >= 4 is 35.0 Å². The number of alkyl carbamates (subject to hydrolysis) is 2. The van der Waals surface area contributed by atoms with E-state index < -0.39 is 29.8 Å². The molecular formula is C45H54N8O7. The van der Waals surface area contributed by atoms with Gasteiger partial charge < -0.3 is 44.3 Å². The molecule has 1 saturated carbocycles. The average Bonchev–Trinajstić information content (AvgIpc) is 4.10. The van der Waals surface area contributed by atoms with E-state index in [1.54, 1.807) is 0 Å². The predicted octanol–water partition coefficient (Wildman–Crippen LogP) is 7.45. The van der Waals surface area contributed by atoms with Crippen LogP contribution in [0.25, 0.3) is 44.6 Å². The van der Waals surface area contributed by atoms with Gasteiger partial charge in [0, 0.05) is 42.0 Å². The van der Waals surface area contributed by atoms with E-state index in [0.29, 0.717) is 24.8 Å². The Balaban J connectivity index is 1.02. The Morgan fingerprint density at radius 3 is 2.15 bits per heavy atom. The lowest BCUT2D eigenvalue weighted by atomic mass is 9.93. The van der Waals surface area contributed by atoms with Crippen molar-refractivity contribution in [2.24, 2.45) is 17.8 Å². The lowest BCUT2D eigenvalue weighted by Crippen LogP contribution is -2.56. The zero-order valence-corrected chi connectivity index (χ0v) is 35.3. The number of aromatic nitrogens is 4. The van der Waals surface area contributed by atoms with Crippen molar-refractivity contribution in [3.63, 3.8) is 0 Å². The largest absolute Gasteiger partial charge is 0.461 e. The van der Waals surface area contributed by atoms with Crippen LogP contribution in [-0.2, 0) is 24.6 Å². The maximum Gasteiger partial charge on any atom is 0.407 e. The van der Waals surface area contributed by atoms with Crippen molar-refractivity contribution < 1.29 is 33.1 Å². The Labute approximate surface area is 349 Å². The van der Waals surface area contributed by atoms with E-state index in [1.807, 2.05) is 81.1 Å². The number of hydrogen-bond acceptors (Lipinski definition) is 9. The lowest BCUT2D eigenvalue weighted by molar-refractivity contribution is -0.140. The van der Waals surface area contributed by atoms with Crippen LogP contribution < -0.4 is 10.6 Å². The van der Waals surface area contributed by atoms with E-state index in [0.717, 1.165) is 88.3 Å². The summed E-state index contributed by atoms with van der Waals surface area (Å²) in [5.41, 5.74) is 5.44. The number of aromatic amines is 2. The zero-order chi connectivity index (χ0) is 42.5. The van der Waals surface area contributed by atoms with Gasteiger partial charge in [0.25, 0.3) is 0 Å². The second kappa shape index (κ2) is 16.1. The molecule has 0 spiro atoms. The molecule has 3 aromatic heterocycles. The summed E-state index contributed by atoms with van der Waals surface area (Å²) in [4.78, 5) is 72.5. The molecule has 5 aromatic rings. The van der Waals surface area contributed by atoms with Crippen LogP contribution in [0.5, 0.6) is 0 Å². The molecule has 3 fully saturated rings. The van der Waals surface area contributed by atoms with Crippen molar-refractivity contribution in [3.05, 3.63) is 72.3 Å². The molecule has 4 amide bonds. The van der Waals surface area contributed by atoms with Crippen LogP contribution in [-0.4, -0.2) is 93.1 Å². The van der Waals surface area contributed by atoms with Crippen molar-refractivity contribution in [2.45, 2.75) is 90.4 Å². The topological polar surface area (TPSA) is 188 Å². The highest BCUT2D eigenvalue weighted by Crippen LogP contribution is 2.53. The third-order valence-corrected chi connectivity index (χ3v) is 12.6. The van der Waals surface area contributed by atoms with E-state index in [4.69, 9.17) is 23.9 Å². The van der Waals surface area contributed by atoms with Gasteiger partial charge in [0.2, 0.25) is 11.8 Å². The molecule has 2 bridgehead atoms. The summed E-state index contributed by atoms with van der Waals surface area (Å²) in [5.74, 6) is 2.08. The van der Waals surface area contributed by atoms with Crippen LogP contribution >= 0.6 is 0 Å². The van der Waals surface area contributed by atoms with Gasteiger partial charge in [-0.2, -0.15) is 0 Å². The van der Waals surface area contributed by atoms with Crippen molar-refractivity contribution in [1.29, 1.82) is 0 Å². The molecule has 2 aromatic carbocycles. The van der Waals surface area contributed by atoms with Gasteiger partial charge in [0.15, 0.2) is 0 Å². The van der Waals surface area contributed by atoms with Crippen LogP contribution in [0.2, 0.25) is 0 Å². The first-order valence-electron chi connectivity index (χ1n) is 20.9. The van der Waals surface area contributed by atoms with E-state index in [1.165, 1.54) is 14.2 Å². The maximum absolute atomic E-state index is 14.1. The lowest BCUT2D eigenvalue weighted by Gasteiger charge is -2.40. The smallest absolute Gasteiger partial charge is 0.407 e. The number of carbonyl (C=O) groups excluding carboxylic acids is 4. The molecule has 60 heavy (non-hydrogen) atoms. The molecule has 5 heterocycles. The number of fused-ring (bicyclic) bond motifs is 3. The Kier molecular flexibility index (Phi) is 10.9. The van der Waals surface area contributed by atoms with E-state index in [-0.39, 0.29) is 29.7 Å². The fourth-order valence-corrected chi connectivity index (χ4v) is 9.54. The number of furan rings is 1. The molecule has 2 aliphatic heterocycles. The number of aryl methyl sites for hydroxylation is 1. The number of methoxy groups -OCH3 is 2. The van der Waals surface area contributed by atoms with Crippen molar-refractivity contribution in [3.8, 4) is 33.6 Å². The Hall–Kier alpha value is -6.12. The standard InChI is InChI=1S/C45H54N8O7/c1-24(2)36(50-43(56)58-6)40(54)52-18-8-9-35(52)39-46-21-33(48-39)29-12-10-28(11-13-29)30-14-15-31(38-32(30)19-26(5)60-38)34-22-47-42(49-34)45-17-16-27(20-45)23-53(45)41(55)37(25(3)4)51-44(57)59-7/h10-15,19,21-22,24-25,27,35-37H,8-9,16-18,20,23H2,1-7H3,(H,46,48)(H,47,49)(H,50,56)(H,51,57)/t27?,35-,36-,37-,45?/m0/s1. The number of benzene rings is 2. The highest BCUT2D eigenvalue weighted by atomic mass is 16.5. The number of nitrogens with zero attached hydrogens (tertiary/aromatic N) is 4. The molecule has 8 rings (SSSR count). The summed E-state index contributed by atoms with van der Waals surface area (Å²) >= 11 is 0. The number of H-pyrrole nitrogens is 2. The summed E-state index contributed by atoms with van der Waals surface area (Å²) in [5, 5.41) is 6.42. The summed E-state index contributed by atoms with van der Waals surface area (Å²) in [6.07, 6.45) is 6.72. The summed E-state index contributed by atoms with van der Waals surface area (Å²) < 4.78 is 16.0. The minimum Gasteiger partial charge on any atom is -0.461 e. The van der Waals surface area contributed by atoms with Gasteiger partial charge >= 0.3 is 12.2 Å². The Morgan fingerprint density at radius 1 is 0.833 bits per heavy atom. The molecule has 2 saturated heterocycles. The third-order valence-electron chi connectivity index (χ3n) is 12.6. The van der Waals surface area contributed by atoms with Gasteiger partial charge in [0.05, 0.1) is 31.6 Å². The van der Waals surface area contributed by atoms with E-state index >= 15 is 0 Å². The number of hydrogen-bond donors (Lipinski definition) is 4. The minimum atomic E-state index is -0.714. The van der Waals surface area contributed by atoms with Crippen LogP contribution in [0.4, 0.5) is 9.59 Å². The van der Waals surface area contributed by atoms with Gasteiger partial charge in [-0.05, 0) is 80.0 Å². The number of piperidine rings is 1. The molecule has 3 aliphatic rings. The highest BCUT2D eigenvalue weighted by Gasteiger charge is 2.56. The number of ether oxygens (including phenoxy) is 2. The quantitative estimate of drug-likeness (QED) is 0.105. The van der Waals surface area contributed by atoms with Crippen molar-refractivity contribution in [2.75, 3.05) is 27.3 Å². The highest BCUT2D eigenvalue weighted by molar-refractivity contribution is 6.02. The normalized spacial score (nSPS) is 20.9. The molecular weight excluding hydrogens is 765 g/mol. The number of amides is 4. The summed E-state index contributed by atoms with van der Waals surface area (Å²) in [7, 11) is 2.59. The average molecular weight is 819 g/mol. The van der Waals surface area contributed by atoms with Gasteiger partial charge in [-0.15, -0.1) is 0 Å². The van der Waals surface area contributed by atoms with E-state index in [2.05, 4.69) is 38.8 Å². The van der Waals surface area contributed by atoms with E-state index in [9.17, 15) is 19.2 Å². The second-order valence-electron chi connectivity index (χ2n) is 17.1. The predicted molar refractivity (Wildman–Crippen MR) is 224 cm³/mol. The molecule has 0 radical (unpaired) electrons. The minimum absolute atomic E-state index is 0.116. The molecule has 15 nitrogen and oxygen atoms in total. The van der Waals surface area contributed by atoms with Crippen LogP contribution in [0.3, 0.4) is 0 Å². The number of likely N-dealkylation sites (tertiary alicyclic amines) is 2. The first-order chi connectivity index (χ1) is 28.8. The van der Waals surface area contributed by atoms with Gasteiger partial charge in [-0.3, -0.25) is 9.59 Å². The fourth-order valence-electron chi connectivity index (χ4n) is 9.54. The van der Waals surface area contributed by atoms with Crippen LogP contribution in [0.15, 0.2) is 59.3 Å². The second-order valence-corrected chi connectivity index (χ2v) is 17.1. The van der Waals surface area contributed by atoms with Crippen LogP contribution in [0.1, 0.15) is 83.2 Å². The number of nitrogens with one attached hydrogen (secondary N) is 4.